The van der Waals surface area contributed by atoms with Crippen molar-refractivity contribution >= 4 is 15.9 Å². The van der Waals surface area contributed by atoms with E-state index in [9.17, 15) is 5.11 Å². The number of halogens is 1. The Morgan fingerprint density at radius 1 is 1.25 bits per heavy atom. The molecule has 1 fully saturated rings. The van der Waals surface area contributed by atoms with Crippen molar-refractivity contribution in [2.24, 2.45) is 11.3 Å². The van der Waals surface area contributed by atoms with Gasteiger partial charge >= 0.3 is 0 Å². The van der Waals surface area contributed by atoms with Crippen molar-refractivity contribution in [2.75, 3.05) is 0 Å². The van der Waals surface area contributed by atoms with Crippen molar-refractivity contribution in [3.63, 3.8) is 0 Å². The summed E-state index contributed by atoms with van der Waals surface area (Å²) in [6, 6.07) is 0. The first-order valence-corrected chi connectivity index (χ1v) is 5.65. The standard InChI is InChI=1S/C10H19BrO/c1-10(2,3)7-4-5-9(12)8(11)6-7/h7-9,12H,4-6H2,1-3H3/t7-,8+,9-/m0/s1. The van der Waals surface area contributed by atoms with Crippen LogP contribution in [-0.2, 0) is 0 Å². The normalized spacial score (nSPS) is 38.2. The van der Waals surface area contributed by atoms with E-state index in [4.69, 9.17) is 0 Å². The lowest BCUT2D eigenvalue weighted by Gasteiger charge is -2.38. The average Bonchev–Trinajstić information content (AvgIpc) is 1.92. The number of aliphatic hydroxyl groups is 1. The van der Waals surface area contributed by atoms with Crippen LogP contribution in [0.5, 0.6) is 0 Å². The van der Waals surface area contributed by atoms with Gasteiger partial charge in [-0.25, -0.2) is 0 Å². The van der Waals surface area contributed by atoms with Crippen LogP contribution in [-0.4, -0.2) is 16.0 Å². The minimum atomic E-state index is -0.122. The van der Waals surface area contributed by atoms with Gasteiger partial charge in [0.25, 0.3) is 0 Å². The number of aliphatic hydroxyl groups excluding tert-OH is 1. The maximum atomic E-state index is 9.51. The van der Waals surface area contributed by atoms with Gasteiger partial charge < -0.3 is 5.11 Å². The van der Waals surface area contributed by atoms with Gasteiger partial charge in [0.05, 0.1) is 6.10 Å². The first-order chi connectivity index (χ1) is 5.41. The molecule has 0 aliphatic heterocycles. The summed E-state index contributed by atoms with van der Waals surface area (Å²) in [5, 5.41) is 9.51. The van der Waals surface area contributed by atoms with Gasteiger partial charge in [-0.1, -0.05) is 36.7 Å². The molecular formula is C10H19BrO. The van der Waals surface area contributed by atoms with Gasteiger partial charge in [-0.15, -0.1) is 0 Å². The quantitative estimate of drug-likeness (QED) is 0.640. The smallest absolute Gasteiger partial charge is 0.0665 e. The predicted octanol–water partition coefficient (Wildman–Crippen LogP) is 2.96. The molecule has 0 bridgehead atoms. The maximum absolute atomic E-state index is 9.51. The minimum Gasteiger partial charge on any atom is -0.392 e. The Morgan fingerprint density at radius 3 is 2.25 bits per heavy atom. The second-order valence-electron chi connectivity index (χ2n) is 4.96. The van der Waals surface area contributed by atoms with E-state index in [2.05, 4.69) is 36.7 Å². The summed E-state index contributed by atoms with van der Waals surface area (Å²) < 4.78 is 0. The van der Waals surface area contributed by atoms with Crippen LogP contribution in [0.1, 0.15) is 40.0 Å². The van der Waals surface area contributed by atoms with Crippen molar-refractivity contribution in [3.05, 3.63) is 0 Å². The van der Waals surface area contributed by atoms with Crippen LogP contribution in [0.4, 0.5) is 0 Å². The minimum absolute atomic E-state index is 0.122. The lowest BCUT2D eigenvalue weighted by atomic mass is 9.72. The Hall–Kier alpha value is 0.440. The molecule has 1 N–H and O–H groups in total. The van der Waals surface area contributed by atoms with E-state index in [1.54, 1.807) is 0 Å². The van der Waals surface area contributed by atoms with Gasteiger partial charge in [-0.3, -0.25) is 0 Å². The molecule has 0 aromatic rings. The summed E-state index contributed by atoms with van der Waals surface area (Å²) >= 11 is 3.54. The first kappa shape index (κ1) is 10.5. The summed E-state index contributed by atoms with van der Waals surface area (Å²) in [5.74, 6) is 0.755. The number of hydrogen-bond donors (Lipinski definition) is 1. The largest absolute Gasteiger partial charge is 0.392 e. The topological polar surface area (TPSA) is 20.2 Å². The summed E-state index contributed by atoms with van der Waals surface area (Å²) in [6.45, 7) is 6.86. The fourth-order valence-electron chi connectivity index (χ4n) is 1.89. The zero-order valence-corrected chi connectivity index (χ0v) is 9.76. The molecule has 1 aliphatic rings. The highest BCUT2D eigenvalue weighted by Gasteiger charge is 2.33. The third-order valence-electron chi connectivity index (χ3n) is 2.96. The van der Waals surface area contributed by atoms with Crippen LogP contribution in [0.3, 0.4) is 0 Å². The molecule has 0 aromatic heterocycles. The van der Waals surface area contributed by atoms with Crippen LogP contribution < -0.4 is 0 Å². The third kappa shape index (κ3) is 2.46. The molecule has 3 atom stereocenters. The molecule has 0 aromatic carbocycles. The predicted molar refractivity (Wildman–Crippen MR) is 55.5 cm³/mol. The number of alkyl halides is 1. The first-order valence-electron chi connectivity index (χ1n) is 4.73. The van der Waals surface area contributed by atoms with E-state index in [-0.39, 0.29) is 6.10 Å². The summed E-state index contributed by atoms with van der Waals surface area (Å²) in [4.78, 5) is 0.315. The molecular weight excluding hydrogens is 216 g/mol. The fourth-order valence-corrected chi connectivity index (χ4v) is 2.60. The van der Waals surface area contributed by atoms with E-state index in [1.807, 2.05) is 0 Å². The molecule has 0 radical (unpaired) electrons. The Kier molecular flexibility index (Phi) is 3.21. The molecule has 2 heteroatoms. The van der Waals surface area contributed by atoms with Crippen molar-refractivity contribution in [2.45, 2.75) is 51.0 Å². The molecule has 1 aliphatic carbocycles. The lowest BCUT2D eigenvalue weighted by molar-refractivity contribution is 0.0806. The van der Waals surface area contributed by atoms with Crippen molar-refractivity contribution in [1.82, 2.24) is 0 Å². The SMILES string of the molecule is CC(C)(C)[C@H]1CC[C@H](O)[C@H](Br)C1. The summed E-state index contributed by atoms with van der Waals surface area (Å²) in [5.41, 5.74) is 0.395. The third-order valence-corrected chi connectivity index (χ3v) is 3.95. The van der Waals surface area contributed by atoms with Crippen LogP contribution >= 0.6 is 15.9 Å². The highest BCUT2D eigenvalue weighted by atomic mass is 79.9. The molecule has 0 saturated heterocycles. The summed E-state index contributed by atoms with van der Waals surface area (Å²) in [7, 11) is 0. The Balaban J connectivity index is 2.51. The van der Waals surface area contributed by atoms with Crippen LogP contribution in [0, 0.1) is 11.3 Å². The van der Waals surface area contributed by atoms with Crippen molar-refractivity contribution in [1.29, 1.82) is 0 Å². The van der Waals surface area contributed by atoms with Gasteiger partial charge in [0.15, 0.2) is 0 Å². The molecule has 1 nitrogen and oxygen atoms in total. The highest BCUT2D eigenvalue weighted by Crippen LogP contribution is 2.39. The molecule has 1 rings (SSSR count). The van der Waals surface area contributed by atoms with E-state index in [0.29, 0.717) is 10.2 Å². The Morgan fingerprint density at radius 2 is 1.83 bits per heavy atom. The number of rotatable bonds is 0. The molecule has 72 valence electrons. The Labute approximate surface area is 83.7 Å². The fraction of sp³-hybridized carbons (Fsp3) is 1.00. The summed E-state index contributed by atoms with van der Waals surface area (Å²) in [6.07, 6.45) is 3.12. The molecule has 0 unspecified atom stereocenters. The van der Waals surface area contributed by atoms with Crippen LogP contribution in [0.25, 0.3) is 0 Å². The van der Waals surface area contributed by atoms with E-state index < -0.39 is 0 Å². The second kappa shape index (κ2) is 3.67. The molecule has 1 saturated carbocycles. The molecule has 0 amide bonds. The second-order valence-corrected chi connectivity index (χ2v) is 6.14. The lowest BCUT2D eigenvalue weighted by Crippen LogP contribution is -2.34. The van der Waals surface area contributed by atoms with Gasteiger partial charge in [0.2, 0.25) is 0 Å². The molecule has 0 heterocycles. The maximum Gasteiger partial charge on any atom is 0.0665 e. The van der Waals surface area contributed by atoms with E-state index >= 15 is 0 Å². The van der Waals surface area contributed by atoms with Crippen LogP contribution in [0.2, 0.25) is 0 Å². The zero-order valence-electron chi connectivity index (χ0n) is 8.18. The van der Waals surface area contributed by atoms with Crippen LogP contribution in [0.15, 0.2) is 0 Å². The van der Waals surface area contributed by atoms with E-state index in [0.717, 1.165) is 18.8 Å². The van der Waals surface area contributed by atoms with Gasteiger partial charge in [-0.05, 0) is 30.6 Å². The van der Waals surface area contributed by atoms with Gasteiger partial charge in [-0.2, -0.15) is 0 Å². The number of hydrogen-bond acceptors (Lipinski definition) is 1. The van der Waals surface area contributed by atoms with Gasteiger partial charge in [0.1, 0.15) is 0 Å². The monoisotopic (exact) mass is 234 g/mol. The highest BCUT2D eigenvalue weighted by molar-refractivity contribution is 9.09. The van der Waals surface area contributed by atoms with Crippen molar-refractivity contribution < 1.29 is 5.11 Å². The zero-order chi connectivity index (χ0) is 9.35. The molecule has 0 spiro atoms. The van der Waals surface area contributed by atoms with E-state index in [1.165, 1.54) is 6.42 Å². The Bertz CT molecular complexity index is 150. The van der Waals surface area contributed by atoms with Crippen molar-refractivity contribution in [3.8, 4) is 0 Å². The average molecular weight is 235 g/mol. The van der Waals surface area contributed by atoms with Gasteiger partial charge in [0, 0.05) is 4.83 Å². The molecule has 12 heavy (non-hydrogen) atoms.